The highest BCUT2D eigenvalue weighted by Crippen LogP contribution is 2.26. The van der Waals surface area contributed by atoms with Crippen LogP contribution in [0.3, 0.4) is 0 Å². The van der Waals surface area contributed by atoms with Gasteiger partial charge in [-0.15, -0.1) is 0 Å². The number of benzene rings is 1. The minimum Gasteiger partial charge on any atom is -0.377 e. The summed E-state index contributed by atoms with van der Waals surface area (Å²) in [6.45, 7) is 1.64. The lowest BCUT2D eigenvalue weighted by atomic mass is 10.1. The molecule has 25 heavy (non-hydrogen) atoms. The Bertz CT molecular complexity index is 868. The van der Waals surface area contributed by atoms with E-state index in [-0.39, 0.29) is 11.9 Å². The van der Waals surface area contributed by atoms with Gasteiger partial charge in [0.2, 0.25) is 0 Å². The third kappa shape index (κ3) is 2.96. The predicted octanol–water partition coefficient (Wildman–Crippen LogP) is 2.42. The molecule has 0 saturated carbocycles. The van der Waals surface area contributed by atoms with Crippen LogP contribution in [0.25, 0.3) is 5.69 Å². The van der Waals surface area contributed by atoms with E-state index < -0.39 is 0 Å². The number of carbonyl (C=O) groups excluding carboxylic acids is 1. The van der Waals surface area contributed by atoms with Crippen molar-refractivity contribution >= 4 is 5.91 Å². The minimum atomic E-state index is -0.0821. The molecule has 3 aromatic rings. The van der Waals surface area contributed by atoms with Gasteiger partial charge in [-0.2, -0.15) is 5.10 Å². The van der Waals surface area contributed by atoms with Crippen LogP contribution in [0.4, 0.5) is 0 Å². The highest BCUT2D eigenvalue weighted by atomic mass is 16.5. The maximum Gasteiger partial charge on any atom is 0.257 e. The highest BCUT2D eigenvalue weighted by Gasteiger charge is 2.31. The third-order valence-corrected chi connectivity index (χ3v) is 4.56. The molecule has 6 nitrogen and oxygen atoms in total. The zero-order valence-corrected chi connectivity index (χ0v) is 14.1. The molecule has 1 aromatic carbocycles. The maximum absolute atomic E-state index is 13.1. The van der Waals surface area contributed by atoms with E-state index in [1.807, 2.05) is 65.2 Å². The Balaban J connectivity index is 1.61. The second-order valence-electron chi connectivity index (χ2n) is 6.14. The summed E-state index contributed by atoms with van der Waals surface area (Å²) in [5.41, 5.74) is 2.59. The van der Waals surface area contributed by atoms with Gasteiger partial charge in [-0.25, -0.2) is 4.68 Å². The number of aromatic nitrogens is 3. The molecule has 4 rings (SSSR count). The number of carbonyl (C=O) groups is 1. The van der Waals surface area contributed by atoms with Crippen molar-refractivity contribution in [2.24, 2.45) is 7.05 Å². The van der Waals surface area contributed by atoms with Gasteiger partial charge in [0.05, 0.1) is 36.7 Å². The van der Waals surface area contributed by atoms with E-state index in [9.17, 15) is 4.79 Å². The zero-order chi connectivity index (χ0) is 17.2. The molecular weight excluding hydrogens is 316 g/mol. The number of hydrogen-bond acceptors (Lipinski definition) is 3. The summed E-state index contributed by atoms with van der Waals surface area (Å²) in [5, 5.41) is 4.34. The number of aryl methyl sites for hydroxylation is 1. The highest BCUT2D eigenvalue weighted by molar-refractivity contribution is 5.94. The van der Waals surface area contributed by atoms with Crippen molar-refractivity contribution in [3.8, 4) is 5.69 Å². The normalized spacial score (nSPS) is 17.6. The zero-order valence-electron chi connectivity index (χ0n) is 14.1. The van der Waals surface area contributed by atoms with Crippen LogP contribution in [0.1, 0.15) is 22.1 Å². The lowest BCUT2D eigenvalue weighted by molar-refractivity contribution is -0.00463. The molecule has 1 fully saturated rings. The first-order chi connectivity index (χ1) is 12.2. The van der Waals surface area contributed by atoms with Gasteiger partial charge in [0.15, 0.2) is 0 Å². The Morgan fingerprint density at radius 3 is 2.80 bits per heavy atom. The molecular formula is C19H20N4O2. The van der Waals surface area contributed by atoms with E-state index in [2.05, 4.69) is 5.10 Å². The number of para-hydroxylation sites is 1. The van der Waals surface area contributed by atoms with E-state index in [1.165, 1.54) is 0 Å². The second kappa shape index (κ2) is 6.57. The van der Waals surface area contributed by atoms with Crippen LogP contribution in [0.5, 0.6) is 0 Å². The molecule has 1 unspecified atom stereocenters. The number of hydrogen-bond donors (Lipinski definition) is 0. The van der Waals surface area contributed by atoms with Gasteiger partial charge in [-0.05, 0) is 24.3 Å². The van der Waals surface area contributed by atoms with Crippen LogP contribution in [0.15, 0.2) is 61.1 Å². The fourth-order valence-electron chi connectivity index (χ4n) is 3.23. The number of ether oxygens (including phenoxy) is 1. The fourth-order valence-corrected chi connectivity index (χ4v) is 3.23. The van der Waals surface area contributed by atoms with Gasteiger partial charge in [0, 0.05) is 31.7 Å². The Labute approximate surface area is 146 Å². The molecule has 2 aromatic heterocycles. The molecule has 128 valence electrons. The summed E-state index contributed by atoms with van der Waals surface area (Å²) < 4.78 is 9.39. The van der Waals surface area contributed by atoms with Gasteiger partial charge in [0.1, 0.15) is 0 Å². The van der Waals surface area contributed by atoms with Crippen molar-refractivity contribution < 1.29 is 9.53 Å². The fraction of sp³-hybridized carbons (Fsp3) is 0.263. The van der Waals surface area contributed by atoms with Crippen LogP contribution in [-0.2, 0) is 11.8 Å². The van der Waals surface area contributed by atoms with Gasteiger partial charge in [-0.1, -0.05) is 18.2 Å². The Morgan fingerprint density at radius 1 is 1.20 bits per heavy atom. The smallest absolute Gasteiger partial charge is 0.257 e. The Kier molecular flexibility index (Phi) is 4.11. The molecule has 1 atom stereocenters. The Morgan fingerprint density at radius 2 is 2.04 bits per heavy atom. The van der Waals surface area contributed by atoms with Crippen molar-refractivity contribution in [3.05, 3.63) is 72.3 Å². The molecule has 6 heteroatoms. The van der Waals surface area contributed by atoms with Crippen molar-refractivity contribution in [2.45, 2.75) is 6.04 Å². The van der Waals surface area contributed by atoms with Crippen LogP contribution < -0.4 is 0 Å². The van der Waals surface area contributed by atoms with E-state index in [1.54, 1.807) is 17.1 Å². The van der Waals surface area contributed by atoms with Gasteiger partial charge < -0.3 is 14.2 Å². The van der Waals surface area contributed by atoms with E-state index >= 15 is 0 Å². The first-order valence-electron chi connectivity index (χ1n) is 8.34. The summed E-state index contributed by atoms with van der Waals surface area (Å²) >= 11 is 0. The number of rotatable bonds is 3. The molecule has 0 aliphatic carbocycles. The SMILES string of the molecule is Cn1cccc1C1COCCN1C(=O)c1cnn(-c2ccccc2)c1. The quantitative estimate of drug-likeness (QED) is 0.738. The monoisotopic (exact) mass is 336 g/mol. The lowest BCUT2D eigenvalue weighted by Gasteiger charge is -2.35. The molecule has 0 N–H and O–H groups in total. The van der Waals surface area contributed by atoms with Gasteiger partial charge in [0.25, 0.3) is 5.91 Å². The average molecular weight is 336 g/mol. The van der Waals surface area contributed by atoms with Crippen molar-refractivity contribution in [1.29, 1.82) is 0 Å². The van der Waals surface area contributed by atoms with Crippen LogP contribution in [0.2, 0.25) is 0 Å². The van der Waals surface area contributed by atoms with Crippen LogP contribution in [0, 0.1) is 0 Å². The van der Waals surface area contributed by atoms with Crippen LogP contribution >= 0.6 is 0 Å². The molecule has 1 amide bonds. The lowest BCUT2D eigenvalue weighted by Crippen LogP contribution is -2.43. The molecule has 1 aliphatic heterocycles. The summed E-state index contributed by atoms with van der Waals surface area (Å²) in [7, 11) is 1.99. The summed E-state index contributed by atoms with van der Waals surface area (Å²) in [6.07, 6.45) is 5.40. The average Bonchev–Trinajstić information content (AvgIpc) is 3.31. The first kappa shape index (κ1) is 15.7. The molecule has 0 spiro atoms. The molecule has 3 heterocycles. The number of nitrogens with zero attached hydrogens (tertiary/aromatic N) is 4. The summed E-state index contributed by atoms with van der Waals surface area (Å²) in [4.78, 5) is 14.9. The van der Waals surface area contributed by atoms with E-state index in [4.69, 9.17) is 4.74 Å². The molecule has 1 aliphatic rings. The molecule has 0 bridgehead atoms. The van der Waals surface area contributed by atoms with Crippen molar-refractivity contribution in [2.75, 3.05) is 19.8 Å². The number of amides is 1. The van der Waals surface area contributed by atoms with Crippen molar-refractivity contribution in [1.82, 2.24) is 19.2 Å². The summed E-state index contributed by atoms with van der Waals surface area (Å²) in [6, 6.07) is 13.7. The Hall–Kier alpha value is -2.86. The molecule has 1 saturated heterocycles. The second-order valence-corrected chi connectivity index (χ2v) is 6.14. The largest absolute Gasteiger partial charge is 0.377 e. The van der Waals surface area contributed by atoms with E-state index in [0.717, 1.165) is 11.4 Å². The van der Waals surface area contributed by atoms with E-state index in [0.29, 0.717) is 25.3 Å². The predicted molar refractivity (Wildman–Crippen MR) is 93.6 cm³/mol. The van der Waals surface area contributed by atoms with Gasteiger partial charge in [-0.3, -0.25) is 4.79 Å². The topological polar surface area (TPSA) is 52.3 Å². The first-order valence-corrected chi connectivity index (χ1v) is 8.34. The number of morpholine rings is 1. The van der Waals surface area contributed by atoms with Crippen LogP contribution in [-0.4, -0.2) is 44.9 Å². The maximum atomic E-state index is 13.1. The third-order valence-electron chi connectivity index (χ3n) is 4.56. The molecule has 0 radical (unpaired) electrons. The van der Waals surface area contributed by atoms with Crippen molar-refractivity contribution in [3.63, 3.8) is 0 Å². The van der Waals surface area contributed by atoms with Gasteiger partial charge >= 0.3 is 0 Å². The minimum absolute atomic E-state index is 0.0170. The standard InChI is InChI=1S/C19H20N4O2/c1-21-9-5-8-17(21)18-14-25-11-10-22(18)19(24)15-12-20-23(13-15)16-6-3-2-4-7-16/h2-9,12-13,18H,10-11,14H2,1H3. The summed E-state index contributed by atoms with van der Waals surface area (Å²) in [5.74, 6) is -0.0170.